The summed E-state index contributed by atoms with van der Waals surface area (Å²) >= 11 is 0. The molecule has 0 amide bonds. The van der Waals surface area contributed by atoms with E-state index in [1.807, 2.05) is 0 Å². The first-order valence-corrected chi connectivity index (χ1v) is 4.36. The van der Waals surface area contributed by atoms with Crippen LogP contribution in [0.5, 0.6) is 0 Å². The molecule has 11 heavy (non-hydrogen) atoms. The van der Waals surface area contributed by atoms with Crippen LogP contribution >= 0.6 is 7.80 Å². The smallest absolute Gasteiger partial charge is 0.382 e. The van der Waals surface area contributed by atoms with Crippen molar-refractivity contribution in [2.75, 3.05) is 6.35 Å². The second-order valence-electron chi connectivity index (χ2n) is 1.81. The summed E-state index contributed by atoms with van der Waals surface area (Å²) in [5.41, 5.74) is -1.24. The summed E-state index contributed by atoms with van der Waals surface area (Å²) in [5, 5.41) is 16.7. The molecule has 2 atom stereocenters. The van der Waals surface area contributed by atoms with Crippen molar-refractivity contribution in [2.24, 2.45) is 0 Å². The number of aliphatic carboxylic acids is 1. The van der Waals surface area contributed by atoms with Gasteiger partial charge >= 0.3 is 13.8 Å². The van der Waals surface area contributed by atoms with Gasteiger partial charge in [0.2, 0.25) is 6.35 Å². The highest BCUT2D eigenvalue weighted by molar-refractivity contribution is 7.46. The van der Waals surface area contributed by atoms with Crippen LogP contribution in [0.25, 0.3) is 0 Å². The van der Waals surface area contributed by atoms with E-state index in [2.05, 4.69) is 0 Å². The minimum Gasteiger partial charge on any atom is -0.478 e. The summed E-state index contributed by atoms with van der Waals surface area (Å²) in [7, 11) is -2.21. The summed E-state index contributed by atoms with van der Waals surface area (Å²) < 4.78 is 10.7. The van der Waals surface area contributed by atoms with Crippen LogP contribution in [0.2, 0.25) is 0 Å². The SMILES string of the molecule is O=CCC(C(=O)O)[P+](=O)CO. The summed E-state index contributed by atoms with van der Waals surface area (Å²) in [6, 6.07) is 0. The fourth-order valence-corrected chi connectivity index (χ4v) is 1.30. The Labute approximate surface area is 63.8 Å². The zero-order valence-corrected chi connectivity index (χ0v) is 6.53. The number of carboxylic acids is 1. The summed E-state index contributed by atoms with van der Waals surface area (Å²) in [6.07, 6.45) is -0.632. The maximum atomic E-state index is 10.7. The monoisotopic (exact) mass is 179 g/mol. The molecule has 0 fully saturated rings. The number of aldehydes is 1. The Hall–Kier alpha value is -0.800. The van der Waals surface area contributed by atoms with Gasteiger partial charge in [0, 0.05) is 0 Å². The molecule has 0 aliphatic rings. The standard InChI is InChI=1S/C5H7O5P/c6-2-1-4(5(8)9)11(10)3-7/h2,4,7H,1,3H2/p+1. The van der Waals surface area contributed by atoms with Crippen molar-refractivity contribution in [3.63, 3.8) is 0 Å². The van der Waals surface area contributed by atoms with Crippen molar-refractivity contribution in [1.29, 1.82) is 0 Å². The summed E-state index contributed by atoms with van der Waals surface area (Å²) in [5.74, 6) is -1.31. The first-order valence-electron chi connectivity index (χ1n) is 2.84. The van der Waals surface area contributed by atoms with Gasteiger partial charge in [-0.2, -0.15) is 0 Å². The first-order chi connectivity index (χ1) is 5.13. The van der Waals surface area contributed by atoms with Gasteiger partial charge in [-0.25, -0.2) is 4.79 Å². The minimum atomic E-state index is -2.21. The molecule has 0 radical (unpaired) electrons. The number of hydrogen-bond acceptors (Lipinski definition) is 4. The Kier molecular flexibility index (Phi) is 4.57. The van der Waals surface area contributed by atoms with E-state index in [0.717, 1.165) is 0 Å². The zero-order valence-electron chi connectivity index (χ0n) is 5.64. The highest BCUT2D eigenvalue weighted by Gasteiger charge is 2.35. The number of rotatable bonds is 5. The lowest BCUT2D eigenvalue weighted by Gasteiger charge is -1.93. The number of hydrogen-bond donors (Lipinski definition) is 2. The average Bonchev–Trinajstić information content (AvgIpc) is 1.98. The van der Waals surface area contributed by atoms with E-state index in [4.69, 9.17) is 10.2 Å². The third-order valence-electron chi connectivity index (χ3n) is 1.09. The number of aliphatic hydroxyl groups excluding tert-OH is 1. The quantitative estimate of drug-likeness (QED) is 0.450. The van der Waals surface area contributed by atoms with Crippen LogP contribution < -0.4 is 0 Å². The molecular weight excluding hydrogens is 171 g/mol. The lowest BCUT2D eigenvalue weighted by molar-refractivity contribution is -0.137. The lowest BCUT2D eigenvalue weighted by atomic mass is 10.3. The average molecular weight is 179 g/mol. The van der Waals surface area contributed by atoms with Crippen LogP contribution in [0.3, 0.4) is 0 Å². The number of aliphatic hydroxyl groups is 1. The summed E-state index contributed by atoms with van der Waals surface area (Å²) in [4.78, 5) is 20.1. The topological polar surface area (TPSA) is 91.7 Å². The molecule has 0 spiro atoms. The Bertz CT molecular complexity index is 178. The van der Waals surface area contributed by atoms with Crippen molar-refractivity contribution in [3.8, 4) is 0 Å². The molecule has 2 unspecified atom stereocenters. The second-order valence-corrected chi connectivity index (χ2v) is 3.56. The fourth-order valence-electron chi connectivity index (χ4n) is 0.531. The van der Waals surface area contributed by atoms with Gasteiger partial charge in [-0.15, -0.1) is 0 Å². The van der Waals surface area contributed by atoms with Gasteiger partial charge in [0.15, 0.2) is 0 Å². The van der Waals surface area contributed by atoms with Gasteiger partial charge in [-0.3, -0.25) is 0 Å². The second kappa shape index (κ2) is 4.93. The molecule has 0 bridgehead atoms. The maximum Gasteiger partial charge on any atom is 0.382 e. The van der Waals surface area contributed by atoms with E-state index in [9.17, 15) is 14.2 Å². The maximum absolute atomic E-state index is 10.7. The van der Waals surface area contributed by atoms with Crippen LogP contribution in [0, 0.1) is 0 Å². The Morgan fingerprint density at radius 2 is 2.18 bits per heavy atom. The van der Waals surface area contributed by atoms with Gasteiger partial charge in [0.05, 0.1) is 6.42 Å². The molecule has 6 heteroatoms. The normalized spacial score (nSPS) is 13.7. The lowest BCUT2D eigenvalue weighted by Crippen LogP contribution is -2.17. The number of carboxylic acid groups (broad SMARTS) is 1. The predicted octanol–water partition coefficient (Wildman–Crippen LogP) is -0.194. The molecule has 0 saturated carbocycles. The van der Waals surface area contributed by atoms with Gasteiger partial charge in [-0.05, 0) is 0 Å². The molecule has 0 heterocycles. The van der Waals surface area contributed by atoms with Gasteiger partial charge < -0.3 is 15.0 Å². The van der Waals surface area contributed by atoms with E-state index >= 15 is 0 Å². The van der Waals surface area contributed by atoms with Crippen LogP contribution in [-0.2, 0) is 14.2 Å². The van der Waals surface area contributed by atoms with Crippen LogP contribution in [0.4, 0.5) is 0 Å². The largest absolute Gasteiger partial charge is 0.478 e. The molecule has 0 aromatic rings. The van der Waals surface area contributed by atoms with Gasteiger partial charge in [0.1, 0.15) is 6.29 Å². The van der Waals surface area contributed by atoms with Crippen molar-refractivity contribution < 1.29 is 24.4 Å². The van der Waals surface area contributed by atoms with Gasteiger partial charge in [0.25, 0.3) is 5.66 Å². The molecule has 5 nitrogen and oxygen atoms in total. The Morgan fingerprint density at radius 3 is 2.45 bits per heavy atom. The molecule has 0 aliphatic carbocycles. The molecule has 0 aromatic carbocycles. The van der Waals surface area contributed by atoms with E-state index in [1.54, 1.807) is 0 Å². The zero-order chi connectivity index (χ0) is 8.85. The molecule has 2 N–H and O–H groups in total. The predicted molar refractivity (Wildman–Crippen MR) is 36.8 cm³/mol. The molecule has 0 aromatic heterocycles. The van der Waals surface area contributed by atoms with E-state index < -0.39 is 25.8 Å². The summed E-state index contributed by atoms with van der Waals surface area (Å²) in [6.45, 7) is 0. The molecule has 0 aliphatic heterocycles. The Balaban J connectivity index is 4.20. The highest BCUT2D eigenvalue weighted by atomic mass is 31.1. The fraction of sp³-hybridized carbons (Fsp3) is 0.600. The molecule has 0 saturated heterocycles. The number of carbonyl (C=O) groups is 2. The van der Waals surface area contributed by atoms with Crippen LogP contribution in [0.15, 0.2) is 0 Å². The van der Waals surface area contributed by atoms with Crippen molar-refractivity contribution in [1.82, 2.24) is 0 Å². The molecular formula is C5H8O5P+. The molecule has 0 rings (SSSR count). The Morgan fingerprint density at radius 1 is 1.64 bits per heavy atom. The van der Waals surface area contributed by atoms with E-state index in [-0.39, 0.29) is 6.42 Å². The van der Waals surface area contributed by atoms with Crippen molar-refractivity contribution in [3.05, 3.63) is 0 Å². The highest BCUT2D eigenvalue weighted by Crippen LogP contribution is 2.28. The number of carbonyl (C=O) groups excluding carboxylic acids is 1. The third kappa shape index (κ3) is 3.20. The van der Waals surface area contributed by atoms with Crippen LogP contribution in [-0.4, -0.2) is 34.5 Å². The van der Waals surface area contributed by atoms with Gasteiger partial charge in [-0.1, -0.05) is 4.57 Å². The minimum absolute atomic E-state index is 0.314. The first kappa shape index (κ1) is 10.2. The molecule has 62 valence electrons. The van der Waals surface area contributed by atoms with E-state index in [1.165, 1.54) is 0 Å². The van der Waals surface area contributed by atoms with Crippen molar-refractivity contribution in [2.45, 2.75) is 12.1 Å². The van der Waals surface area contributed by atoms with Crippen LogP contribution in [0.1, 0.15) is 6.42 Å². The van der Waals surface area contributed by atoms with Crippen molar-refractivity contribution >= 4 is 20.1 Å². The van der Waals surface area contributed by atoms with E-state index in [0.29, 0.717) is 6.29 Å². The third-order valence-corrected chi connectivity index (χ3v) is 2.50.